The van der Waals surface area contributed by atoms with Crippen LogP contribution < -0.4 is 38.9 Å². The predicted molar refractivity (Wildman–Crippen MR) is 138 cm³/mol. The van der Waals surface area contributed by atoms with Crippen LogP contribution >= 0.6 is 0 Å². The summed E-state index contributed by atoms with van der Waals surface area (Å²) < 4.78 is 0. The van der Waals surface area contributed by atoms with Crippen LogP contribution in [-0.2, 0) is 30.4 Å². The number of nitrogens with two attached hydrogens (primary N) is 4. The van der Waals surface area contributed by atoms with Gasteiger partial charge < -0.3 is 49.0 Å². The number of aromatic amines is 1. The maximum atomic E-state index is 13.1. The van der Waals surface area contributed by atoms with E-state index < -0.39 is 53.8 Å². The second kappa shape index (κ2) is 17.8. The van der Waals surface area contributed by atoms with E-state index in [4.69, 9.17) is 22.9 Å². The highest BCUT2D eigenvalue weighted by atomic mass is 16.4. The molecule has 1 heterocycles. The molecule has 38 heavy (non-hydrogen) atoms. The summed E-state index contributed by atoms with van der Waals surface area (Å²) in [5, 5.41) is 17.0. The van der Waals surface area contributed by atoms with E-state index in [2.05, 4.69) is 25.9 Å². The Morgan fingerprint density at radius 3 is 1.87 bits per heavy atom. The van der Waals surface area contributed by atoms with E-state index >= 15 is 0 Å². The Kier molecular flexibility index (Phi) is 15.2. The number of carbonyl (C=O) groups excluding carboxylic acids is 4. The number of carboxylic acids is 1. The van der Waals surface area contributed by atoms with Crippen LogP contribution in [0.3, 0.4) is 0 Å². The van der Waals surface area contributed by atoms with Crippen LogP contribution in [0.1, 0.15) is 57.1 Å². The van der Waals surface area contributed by atoms with Crippen LogP contribution in [0, 0.1) is 0 Å². The fraction of sp³-hybridized carbons (Fsp3) is 0.652. The van der Waals surface area contributed by atoms with Gasteiger partial charge in [0.25, 0.3) is 0 Å². The first kappa shape index (κ1) is 32.5. The summed E-state index contributed by atoms with van der Waals surface area (Å²) >= 11 is 0. The fourth-order valence-corrected chi connectivity index (χ4v) is 3.62. The molecule has 0 aliphatic rings. The lowest BCUT2D eigenvalue weighted by Gasteiger charge is -2.25. The Morgan fingerprint density at radius 2 is 1.37 bits per heavy atom. The summed E-state index contributed by atoms with van der Waals surface area (Å²) in [6, 6.07) is -4.49. The first-order valence-electron chi connectivity index (χ1n) is 12.6. The van der Waals surface area contributed by atoms with E-state index in [1.807, 2.05) is 0 Å². The summed E-state index contributed by atoms with van der Waals surface area (Å²) in [4.78, 5) is 68.5. The third kappa shape index (κ3) is 12.6. The van der Waals surface area contributed by atoms with Crippen molar-refractivity contribution >= 4 is 29.6 Å². The topological polar surface area (TPSA) is 274 Å². The number of amides is 4. The van der Waals surface area contributed by atoms with Gasteiger partial charge in [0.1, 0.15) is 18.1 Å². The molecule has 0 fully saturated rings. The molecular weight excluding hydrogens is 498 g/mol. The second-order valence-corrected chi connectivity index (χ2v) is 8.98. The van der Waals surface area contributed by atoms with Crippen molar-refractivity contribution in [1.29, 1.82) is 0 Å². The minimum atomic E-state index is -1.22. The number of H-pyrrole nitrogens is 1. The van der Waals surface area contributed by atoms with Crippen LogP contribution in [0.4, 0.5) is 0 Å². The number of primary amides is 1. The van der Waals surface area contributed by atoms with Crippen molar-refractivity contribution in [1.82, 2.24) is 25.9 Å². The van der Waals surface area contributed by atoms with Gasteiger partial charge in [0.2, 0.25) is 23.6 Å². The number of nitrogens with one attached hydrogen (secondary N) is 4. The highest BCUT2D eigenvalue weighted by molar-refractivity contribution is 5.94. The maximum absolute atomic E-state index is 13.1. The predicted octanol–water partition coefficient (Wildman–Crippen LogP) is -2.66. The average Bonchev–Trinajstić information content (AvgIpc) is 3.37. The van der Waals surface area contributed by atoms with Crippen molar-refractivity contribution in [3.05, 3.63) is 18.2 Å². The van der Waals surface area contributed by atoms with Gasteiger partial charge in [-0.25, -0.2) is 9.78 Å². The smallest absolute Gasteiger partial charge is 0.326 e. The molecule has 0 bridgehead atoms. The lowest BCUT2D eigenvalue weighted by Crippen LogP contribution is -2.57. The van der Waals surface area contributed by atoms with Gasteiger partial charge in [-0.1, -0.05) is 0 Å². The molecule has 0 aliphatic carbocycles. The number of carboxylic acid groups (broad SMARTS) is 1. The summed E-state index contributed by atoms with van der Waals surface area (Å²) in [6.07, 6.45) is 5.24. The van der Waals surface area contributed by atoms with Crippen molar-refractivity contribution in [3.63, 3.8) is 0 Å². The molecule has 1 rings (SSSR count). The number of hydrogen-bond acceptors (Lipinski definition) is 9. The van der Waals surface area contributed by atoms with Crippen LogP contribution in [0.25, 0.3) is 0 Å². The van der Waals surface area contributed by atoms with Crippen LogP contribution in [0.2, 0.25) is 0 Å². The Morgan fingerprint density at radius 1 is 0.842 bits per heavy atom. The van der Waals surface area contributed by atoms with Gasteiger partial charge in [-0.2, -0.15) is 0 Å². The lowest BCUT2D eigenvalue weighted by atomic mass is 10.0. The van der Waals surface area contributed by atoms with E-state index in [0.717, 1.165) is 0 Å². The molecule has 15 nitrogen and oxygen atoms in total. The first-order valence-corrected chi connectivity index (χ1v) is 12.6. The molecule has 4 unspecified atom stereocenters. The quantitative estimate of drug-likeness (QED) is 0.0775. The number of carbonyl (C=O) groups is 5. The van der Waals surface area contributed by atoms with Crippen molar-refractivity contribution in [2.75, 3.05) is 13.1 Å². The van der Waals surface area contributed by atoms with Gasteiger partial charge in [-0.05, 0) is 58.0 Å². The van der Waals surface area contributed by atoms with Gasteiger partial charge in [-0.15, -0.1) is 0 Å². The molecule has 0 saturated carbocycles. The van der Waals surface area contributed by atoms with Gasteiger partial charge in [0.05, 0.1) is 12.4 Å². The minimum absolute atomic E-state index is 0.126. The summed E-state index contributed by atoms with van der Waals surface area (Å²) in [5.74, 6) is -3.97. The third-order valence-electron chi connectivity index (χ3n) is 5.79. The molecular formula is C23H41N9O6. The lowest BCUT2D eigenvalue weighted by molar-refractivity contribution is -0.142. The Bertz CT molecular complexity index is 896. The van der Waals surface area contributed by atoms with Crippen molar-refractivity contribution in [3.8, 4) is 0 Å². The highest BCUT2D eigenvalue weighted by Crippen LogP contribution is 2.07. The monoisotopic (exact) mass is 539 g/mol. The Hall–Kier alpha value is -3.56. The molecule has 15 heteroatoms. The number of hydrogen-bond donors (Lipinski definition) is 9. The average molecular weight is 540 g/mol. The van der Waals surface area contributed by atoms with Crippen LogP contribution in [0.5, 0.6) is 0 Å². The van der Waals surface area contributed by atoms with Crippen molar-refractivity contribution < 1.29 is 29.1 Å². The Labute approximate surface area is 221 Å². The molecule has 1 aromatic heterocycles. The number of unbranched alkanes of at least 4 members (excludes halogenated alkanes) is 2. The summed E-state index contributed by atoms with van der Waals surface area (Å²) in [7, 11) is 0. The molecule has 0 aliphatic heterocycles. The number of nitrogens with zero attached hydrogens (tertiary/aromatic N) is 1. The van der Waals surface area contributed by atoms with Gasteiger partial charge in [0, 0.05) is 24.7 Å². The van der Waals surface area contributed by atoms with E-state index in [1.165, 1.54) is 12.5 Å². The SMILES string of the molecule is NCCCCC(NC(=O)C(CCCCN)NC(=O)C(CCC(N)=O)NC(=O)C(N)Cc1cnc[nH]1)C(=O)O. The number of imidazole rings is 1. The third-order valence-corrected chi connectivity index (χ3v) is 5.79. The van der Waals surface area contributed by atoms with Gasteiger partial charge in [0.15, 0.2) is 0 Å². The van der Waals surface area contributed by atoms with Crippen LogP contribution in [-0.4, -0.2) is 81.9 Å². The van der Waals surface area contributed by atoms with Crippen molar-refractivity contribution in [2.24, 2.45) is 22.9 Å². The second-order valence-electron chi connectivity index (χ2n) is 8.98. The molecule has 0 saturated heterocycles. The fourth-order valence-electron chi connectivity index (χ4n) is 3.62. The molecule has 0 aromatic carbocycles. The number of aliphatic carboxylic acids is 1. The van der Waals surface area contributed by atoms with Gasteiger partial charge in [-0.3, -0.25) is 19.2 Å². The van der Waals surface area contributed by atoms with Crippen molar-refractivity contribution in [2.45, 2.75) is 82.0 Å². The minimum Gasteiger partial charge on any atom is -0.480 e. The zero-order valence-electron chi connectivity index (χ0n) is 21.5. The van der Waals surface area contributed by atoms with Crippen LogP contribution in [0.15, 0.2) is 12.5 Å². The van der Waals surface area contributed by atoms with E-state index in [1.54, 1.807) is 0 Å². The molecule has 1 aromatic rings. The number of aromatic nitrogens is 2. The molecule has 0 radical (unpaired) electrons. The Balaban J connectivity index is 2.96. The van der Waals surface area contributed by atoms with E-state index in [9.17, 15) is 29.1 Å². The first-order chi connectivity index (χ1) is 18.1. The number of rotatable bonds is 20. The summed E-state index contributed by atoms with van der Waals surface area (Å²) in [6.45, 7) is 0.757. The maximum Gasteiger partial charge on any atom is 0.326 e. The molecule has 214 valence electrons. The summed E-state index contributed by atoms with van der Waals surface area (Å²) in [5.41, 5.74) is 22.8. The van der Waals surface area contributed by atoms with E-state index in [0.29, 0.717) is 44.5 Å². The normalized spacial score (nSPS) is 14.1. The van der Waals surface area contributed by atoms with Gasteiger partial charge >= 0.3 is 5.97 Å². The molecule has 4 amide bonds. The zero-order valence-corrected chi connectivity index (χ0v) is 21.5. The van der Waals surface area contributed by atoms with E-state index in [-0.39, 0.29) is 32.1 Å². The molecule has 4 atom stereocenters. The largest absolute Gasteiger partial charge is 0.480 e. The highest BCUT2D eigenvalue weighted by Gasteiger charge is 2.30. The zero-order chi connectivity index (χ0) is 28.5. The molecule has 0 spiro atoms. The standard InChI is InChI=1S/C23H41N9O6/c24-9-3-1-5-16(21(35)32-18(23(37)38)6-2-4-10-25)31-22(36)17(7-8-19(27)33)30-20(34)15(26)11-14-12-28-13-29-14/h12-13,15-18H,1-11,24-26H2,(H2,27,33)(H,28,29)(H,30,34)(H,31,36)(H,32,35)(H,37,38). The molecule has 13 N–H and O–H groups in total.